The van der Waals surface area contributed by atoms with Crippen molar-refractivity contribution in [1.82, 2.24) is 4.90 Å². The van der Waals surface area contributed by atoms with Crippen LogP contribution in [0.2, 0.25) is 0 Å². The van der Waals surface area contributed by atoms with Crippen LogP contribution in [0.3, 0.4) is 0 Å². The van der Waals surface area contributed by atoms with Gasteiger partial charge in [-0.1, -0.05) is 20.3 Å². The van der Waals surface area contributed by atoms with E-state index < -0.39 is 0 Å². The number of amides is 1. The molecule has 21 heavy (non-hydrogen) atoms. The summed E-state index contributed by atoms with van der Waals surface area (Å²) in [6, 6.07) is 9.08. The number of nitriles is 1. The number of carbonyl (C=O) groups is 1. The lowest BCUT2D eigenvalue weighted by Crippen LogP contribution is -2.41. The number of nitrogens with zero attached hydrogens (tertiary/aromatic N) is 2. The van der Waals surface area contributed by atoms with Crippen LogP contribution in [0, 0.1) is 11.3 Å². The second kappa shape index (κ2) is 9.02. The molecule has 0 aliphatic heterocycles. The van der Waals surface area contributed by atoms with E-state index in [0.717, 1.165) is 25.8 Å². The van der Waals surface area contributed by atoms with Crippen molar-refractivity contribution >= 4 is 5.91 Å². The van der Waals surface area contributed by atoms with Gasteiger partial charge in [0.25, 0.3) is 5.91 Å². The van der Waals surface area contributed by atoms with Crippen LogP contribution in [0.5, 0.6) is 5.75 Å². The smallest absolute Gasteiger partial charge is 0.260 e. The summed E-state index contributed by atoms with van der Waals surface area (Å²) in [6.45, 7) is 7.08. The van der Waals surface area contributed by atoms with E-state index in [1.807, 2.05) is 4.90 Å². The molecule has 0 aliphatic carbocycles. The Labute approximate surface area is 127 Å². The molecule has 1 atom stereocenters. The molecule has 0 fully saturated rings. The van der Waals surface area contributed by atoms with E-state index in [1.54, 1.807) is 24.3 Å². The van der Waals surface area contributed by atoms with Gasteiger partial charge in [0.05, 0.1) is 11.6 Å². The Morgan fingerprint density at radius 1 is 1.33 bits per heavy atom. The van der Waals surface area contributed by atoms with Crippen molar-refractivity contribution in [1.29, 1.82) is 5.26 Å². The van der Waals surface area contributed by atoms with Crippen molar-refractivity contribution in [2.24, 2.45) is 0 Å². The van der Waals surface area contributed by atoms with E-state index >= 15 is 0 Å². The monoisotopic (exact) mass is 288 g/mol. The number of unbranched alkanes of at least 4 members (excludes halogenated alkanes) is 1. The summed E-state index contributed by atoms with van der Waals surface area (Å²) in [4.78, 5) is 14.2. The molecule has 1 aromatic carbocycles. The maximum Gasteiger partial charge on any atom is 0.260 e. The fourth-order valence-corrected chi connectivity index (χ4v) is 1.99. The summed E-state index contributed by atoms with van der Waals surface area (Å²) in [6.07, 6.45) is 3.01. The summed E-state index contributed by atoms with van der Waals surface area (Å²) in [5.41, 5.74) is 0.581. The molecule has 1 rings (SSSR count). The van der Waals surface area contributed by atoms with E-state index in [-0.39, 0.29) is 18.6 Å². The van der Waals surface area contributed by atoms with Gasteiger partial charge < -0.3 is 9.64 Å². The van der Waals surface area contributed by atoms with E-state index in [0.29, 0.717) is 11.3 Å². The van der Waals surface area contributed by atoms with Crippen LogP contribution in [0.15, 0.2) is 24.3 Å². The van der Waals surface area contributed by atoms with Gasteiger partial charge >= 0.3 is 0 Å². The second-order valence-corrected chi connectivity index (χ2v) is 5.12. The number of hydrogen-bond acceptors (Lipinski definition) is 3. The summed E-state index contributed by atoms with van der Waals surface area (Å²) in [5.74, 6) is 0.629. The van der Waals surface area contributed by atoms with Crippen LogP contribution in [0.25, 0.3) is 0 Å². The third-order valence-electron chi connectivity index (χ3n) is 3.54. The molecule has 0 spiro atoms. The third kappa shape index (κ3) is 5.47. The normalized spacial score (nSPS) is 11.5. The fraction of sp³-hybridized carbons (Fsp3) is 0.529. The molecular formula is C17H24N2O2. The first-order valence-electron chi connectivity index (χ1n) is 7.54. The number of rotatable bonds is 8. The number of carbonyl (C=O) groups excluding carboxylic acids is 1. The van der Waals surface area contributed by atoms with Gasteiger partial charge in [0.1, 0.15) is 5.75 Å². The average Bonchev–Trinajstić information content (AvgIpc) is 2.53. The van der Waals surface area contributed by atoms with E-state index in [4.69, 9.17) is 10.00 Å². The zero-order chi connectivity index (χ0) is 15.7. The molecule has 0 N–H and O–H groups in total. The predicted octanol–water partition coefficient (Wildman–Crippen LogP) is 3.36. The average molecular weight is 288 g/mol. The molecule has 1 aromatic rings. The largest absolute Gasteiger partial charge is 0.484 e. The molecule has 0 saturated carbocycles. The predicted molar refractivity (Wildman–Crippen MR) is 83.0 cm³/mol. The minimum atomic E-state index is 0.0159. The minimum absolute atomic E-state index is 0.0159. The molecule has 114 valence electrons. The zero-order valence-corrected chi connectivity index (χ0v) is 13.1. The SMILES string of the molecule is CCCCN(C(=O)COc1ccc(C#N)cc1)C(C)CC. The summed E-state index contributed by atoms with van der Waals surface area (Å²) >= 11 is 0. The third-order valence-corrected chi connectivity index (χ3v) is 3.54. The highest BCUT2D eigenvalue weighted by Crippen LogP contribution is 2.13. The topological polar surface area (TPSA) is 53.3 Å². The molecular weight excluding hydrogens is 264 g/mol. The van der Waals surface area contributed by atoms with E-state index in [1.165, 1.54) is 0 Å². The van der Waals surface area contributed by atoms with E-state index in [2.05, 4.69) is 26.8 Å². The molecule has 0 radical (unpaired) electrons. The van der Waals surface area contributed by atoms with E-state index in [9.17, 15) is 4.79 Å². The van der Waals surface area contributed by atoms with Gasteiger partial charge in [-0.3, -0.25) is 4.79 Å². The van der Waals surface area contributed by atoms with Gasteiger partial charge in [0, 0.05) is 12.6 Å². The van der Waals surface area contributed by atoms with Crippen LogP contribution in [-0.4, -0.2) is 30.0 Å². The van der Waals surface area contributed by atoms with Gasteiger partial charge in [-0.25, -0.2) is 0 Å². The standard InChI is InChI=1S/C17H24N2O2/c1-4-6-11-19(14(3)5-2)17(20)13-21-16-9-7-15(12-18)8-10-16/h7-10,14H,4-6,11,13H2,1-3H3. The Kier molecular flexibility index (Phi) is 7.31. The van der Waals surface area contributed by atoms with Crippen LogP contribution in [0.4, 0.5) is 0 Å². The Bertz CT molecular complexity index is 477. The van der Waals surface area contributed by atoms with Crippen molar-refractivity contribution in [3.63, 3.8) is 0 Å². The van der Waals surface area contributed by atoms with Crippen LogP contribution in [0.1, 0.15) is 45.6 Å². The maximum atomic E-state index is 12.3. The van der Waals surface area contributed by atoms with Crippen molar-refractivity contribution < 1.29 is 9.53 Å². The van der Waals surface area contributed by atoms with Crippen LogP contribution in [-0.2, 0) is 4.79 Å². The molecule has 4 heteroatoms. The molecule has 0 bridgehead atoms. The zero-order valence-electron chi connectivity index (χ0n) is 13.1. The number of ether oxygens (including phenoxy) is 1. The first kappa shape index (κ1) is 17.0. The Balaban J connectivity index is 2.57. The lowest BCUT2D eigenvalue weighted by atomic mass is 10.2. The highest BCUT2D eigenvalue weighted by molar-refractivity contribution is 5.78. The second-order valence-electron chi connectivity index (χ2n) is 5.12. The van der Waals surface area contributed by atoms with Crippen molar-refractivity contribution in [2.45, 2.75) is 46.1 Å². The van der Waals surface area contributed by atoms with Gasteiger partial charge in [0.2, 0.25) is 0 Å². The molecule has 0 aromatic heterocycles. The molecule has 0 heterocycles. The lowest BCUT2D eigenvalue weighted by Gasteiger charge is -2.28. The number of hydrogen-bond donors (Lipinski definition) is 0. The van der Waals surface area contributed by atoms with Crippen LogP contribution >= 0.6 is 0 Å². The Morgan fingerprint density at radius 3 is 2.52 bits per heavy atom. The summed E-state index contributed by atoms with van der Waals surface area (Å²) in [5, 5.41) is 8.74. The Hall–Kier alpha value is -2.02. The first-order chi connectivity index (χ1) is 10.1. The van der Waals surface area contributed by atoms with Gasteiger partial charge in [-0.15, -0.1) is 0 Å². The van der Waals surface area contributed by atoms with Gasteiger partial charge in [-0.05, 0) is 44.0 Å². The first-order valence-corrected chi connectivity index (χ1v) is 7.54. The quantitative estimate of drug-likeness (QED) is 0.737. The van der Waals surface area contributed by atoms with Crippen molar-refractivity contribution in [3.05, 3.63) is 29.8 Å². The lowest BCUT2D eigenvalue weighted by molar-refractivity contribution is -0.135. The molecule has 4 nitrogen and oxygen atoms in total. The minimum Gasteiger partial charge on any atom is -0.484 e. The Morgan fingerprint density at radius 2 is 2.00 bits per heavy atom. The highest BCUT2D eigenvalue weighted by atomic mass is 16.5. The highest BCUT2D eigenvalue weighted by Gasteiger charge is 2.18. The van der Waals surface area contributed by atoms with Crippen molar-refractivity contribution in [2.75, 3.05) is 13.2 Å². The summed E-state index contributed by atoms with van der Waals surface area (Å²) < 4.78 is 5.52. The van der Waals surface area contributed by atoms with Crippen LogP contribution < -0.4 is 4.74 Å². The van der Waals surface area contributed by atoms with Gasteiger partial charge in [0.15, 0.2) is 6.61 Å². The number of benzene rings is 1. The molecule has 1 unspecified atom stereocenters. The molecule has 1 amide bonds. The van der Waals surface area contributed by atoms with Gasteiger partial charge in [-0.2, -0.15) is 5.26 Å². The van der Waals surface area contributed by atoms with Crippen molar-refractivity contribution in [3.8, 4) is 11.8 Å². The molecule has 0 saturated heterocycles. The maximum absolute atomic E-state index is 12.3. The summed E-state index contributed by atoms with van der Waals surface area (Å²) in [7, 11) is 0. The fourth-order valence-electron chi connectivity index (χ4n) is 1.99. The molecule has 0 aliphatic rings.